The SMILES string of the molecule is Cc1cccc(C)c1NC(=O)NC(=N)NC1CCC1. The second kappa shape index (κ2) is 5.73. The largest absolute Gasteiger partial charge is 0.353 e. The highest BCUT2D eigenvalue weighted by Crippen LogP contribution is 2.19. The Morgan fingerprint density at radius 3 is 2.42 bits per heavy atom. The van der Waals surface area contributed by atoms with Crippen LogP contribution in [0.1, 0.15) is 30.4 Å². The van der Waals surface area contributed by atoms with E-state index in [1.54, 1.807) is 0 Å². The van der Waals surface area contributed by atoms with Gasteiger partial charge in [0.15, 0.2) is 5.96 Å². The van der Waals surface area contributed by atoms with E-state index in [0.29, 0.717) is 6.04 Å². The number of guanidine groups is 1. The lowest BCUT2D eigenvalue weighted by atomic mass is 9.93. The Hall–Kier alpha value is -2.04. The molecule has 0 heterocycles. The van der Waals surface area contributed by atoms with E-state index < -0.39 is 0 Å². The summed E-state index contributed by atoms with van der Waals surface area (Å²) in [4.78, 5) is 11.8. The normalized spacial score (nSPS) is 14.4. The molecule has 102 valence electrons. The van der Waals surface area contributed by atoms with E-state index in [4.69, 9.17) is 5.41 Å². The first-order valence-corrected chi connectivity index (χ1v) is 6.55. The highest BCUT2D eigenvalue weighted by Gasteiger charge is 2.18. The van der Waals surface area contributed by atoms with E-state index in [-0.39, 0.29) is 12.0 Å². The minimum atomic E-state index is -0.380. The molecule has 4 N–H and O–H groups in total. The van der Waals surface area contributed by atoms with Crippen LogP contribution in [0.3, 0.4) is 0 Å². The van der Waals surface area contributed by atoms with Gasteiger partial charge in [-0.3, -0.25) is 10.7 Å². The van der Waals surface area contributed by atoms with Crippen molar-refractivity contribution >= 4 is 17.7 Å². The van der Waals surface area contributed by atoms with Crippen molar-refractivity contribution in [2.45, 2.75) is 39.2 Å². The number of amides is 2. The van der Waals surface area contributed by atoms with E-state index in [0.717, 1.165) is 29.7 Å². The Labute approximate surface area is 113 Å². The van der Waals surface area contributed by atoms with Gasteiger partial charge in [-0.2, -0.15) is 0 Å². The third-order valence-electron chi connectivity index (χ3n) is 3.41. The lowest BCUT2D eigenvalue weighted by molar-refractivity contribution is 0.255. The molecule has 1 saturated carbocycles. The number of rotatable bonds is 2. The lowest BCUT2D eigenvalue weighted by Gasteiger charge is -2.27. The minimum Gasteiger partial charge on any atom is -0.353 e. The van der Waals surface area contributed by atoms with Gasteiger partial charge in [0.2, 0.25) is 0 Å². The standard InChI is InChI=1S/C14H20N4O/c1-9-5-3-6-10(2)12(9)17-14(19)18-13(15)16-11-7-4-8-11/h3,5-6,11H,4,7-8H2,1-2H3,(H4,15,16,17,18,19). The Kier molecular flexibility index (Phi) is 4.04. The molecule has 2 amide bonds. The summed E-state index contributed by atoms with van der Waals surface area (Å²) in [5.74, 6) is 0.0634. The molecule has 0 spiro atoms. The van der Waals surface area contributed by atoms with Crippen molar-refractivity contribution in [2.75, 3.05) is 5.32 Å². The Morgan fingerprint density at radius 2 is 1.89 bits per heavy atom. The fourth-order valence-corrected chi connectivity index (χ4v) is 2.06. The molecular formula is C14H20N4O. The fourth-order valence-electron chi connectivity index (χ4n) is 2.06. The first-order chi connectivity index (χ1) is 9.06. The predicted octanol–water partition coefficient (Wildman–Crippen LogP) is 2.50. The number of benzene rings is 1. The van der Waals surface area contributed by atoms with E-state index in [9.17, 15) is 4.79 Å². The Morgan fingerprint density at radius 1 is 1.26 bits per heavy atom. The number of hydrogen-bond acceptors (Lipinski definition) is 2. The van der Waals surface area contributed by atoms with Gasteiger partial charge in [0, 0.05) is 11.7 Å². The molecule has 0 unspecified atom stereocenters. The zero-order valence-electron chi connectivity index (χ0n) is 11.3. The van der Waals surface area contributed by atoms with Crippen LogP contribution in [0.15, 0.2) is 18.2 Å². The summed E-state index contributed by atoms with van der Waals surface area (Å²) < 4.78 is 0. The van der Waals surface area contributed by atoms with Crippen LogP contribution in [0, 0.1) is 19.3 Å². The van der Waals surface area contributed by atoms with Gasteiger partial charge in [-0.15, -0.1) is 0 Å². The van der Waals surface area contributed by atoms with Crippen LogP contribution in [0.25, 0.3) is 0 Å². The average molecular weight is 260 g/mol. The summed E-state index contributed by atoms with van der Waals surface area (Å²) in [5.41, 5.74) is 2.82. The van der Waals surface area contributed by atoms with Crippen LogP contribution in [0.2, 0.25) is 0 Å². The summed E-state index contributed by atoms with van der Waals surface area (Å²) in [5, 5.41) is 15.9. The van der Waals surface area contributed by atoms with Crippen LogP contribution in [-0.4, -0.2) is 18.0 Å². The smallest absolute Gasteiger partial charge is 0.326 e. The molecule has 0 radical (unpaired) electrons. The molecule has 0 bridgehead atoms. The third kappa shape index (κ3) is 3.47. The molecule has 19 heavy (non-hydrogen) atoms. The van der Waals surface area contributed by atoms with Gasteiger partial charge < -0.3 is 10.6 Å². The first kappa shape index (κ1) is 13.4. The zero-order chi connectivity index (χ0) is 13.8. The van der Waals surface area contributed by atoms with Crippen molar-refractivity contribution in [3.63, 3.8) is 0 Å². The van der Waals surface area contributed by atoms with E-state index in [1.807, 2.05) is 32.0 Å². The summed E-state index contributed by atoms with van der Waals surface area (Å²) in [7, 11) is 0. The Bertz CT molecular complexity index is 474. The van der Waals surface area contributed by atoms with Crippen molar-refractivity contribution in [1.82, 2.24) is 10.6 Å². The number of nitrogens with one attached hydrogen (secondary N) is 4. The maximum Gasteiger partial charge on any atom is 0.326 e. The Balaban J connectivity index is 1.88. The molecule has 0 saturated heterocycles. The molecule has 1 aromatic carbocycles. The highest BCUT2D eigenvalue weighted by molar-refractivity contribution is 6.02. The van der Waals surface area contributed by atoms with E-state index in [2.05, 4.69) is 16.0 Å². The molecule has 1 aliphatic rings. The van der Waals surface area contributed by atoms with Crippen molar-refractivity contribution in [1.29, 1.82) is 5.41 Å². The van der Waals surface area contributed by atoms with E-state index >= 15 is 0 Å². The molecule has 0 aliphatic heterocycles. The molecule has 1 aromatic rings. The van der Waals surface area contributed by atoms with Crippen molar-refractivity contribution in [3.8, 4) is 0 Å². The molecule has 0 atom stereocenters. The van der Waals surface area contributed by atoms with Crippen molar-refractivity contribution in [3.05, 3.63) is 29.3 Å². The zero-order valence-corrected chi connectivity index (χ0v) is 11.3. The number of aryl methyl sites for hydroxylation is 2. The maximum atomic E-state index is 11.8. The summed E-state index contributed by atoms with van der Waals surface area (Å²) in [6.07, 6.45) is 3.34. The van der Waals surface area contributed by atoms with Gasteiger partial charge in [0.05, 0.1) is 0 Å². The van der Waals surface area contributed by atoms with Crippen molar-refractivity contribution in [2.24, 2.45) is 0 Å². The molecule has 2 rings (SSSR count). The van der Waals surface area contributed by atoms with Gasteiger partial charge in [0.25, 0.3) is 0 Å². The number of anilines is 1. The molecular weight excluding hydrogens is 240 g/mol. The lowest BCUT2D eigenvalue weighted by Crippen LogP contribution is -2.48. The molecule has 5 heteroatoms. The quantitative estimate of drug-likeness (QED) is 0.487. The van der Waals surface area contributed by atoms with Crippen LogP contribution in [0.4, 0.5) is 10.5 Å². The van der Waals surface area contributed by atoms with Gasteiger partial charge in [-0.1, -0.05) is 18.2 Å². The monoisotopic (exact) mass is 260 g/mol. The highest BCUT2D eigenvalue weighted by atomic mass is 16.2. The number of carbonyl (C=O) groups is 1. The van der Waals surface area contributed by atoms with Gasteiger partial charge >= 0.3 is 6.03 Å². The van der Waals surface area contributed by atoms with Crippen LogP contribution >= 0.6 is 0 Å². The van der Waals surface area contributed by atoms with Crippen LogP contribution in [-0.2, 0) is 0 Å². The number of urea groups is 1. The summed E-state index contributed by atoms with van der Waals surface area (Å²) in [6.45, 7) is 3.89. The predicted molar refractivity (Wildman–Crippen MR) is 76.6 cm³/mol. The van der Waals surface area contributed by atoms with Crippen LogP contribution in [0.5, 0.6) is 0 Å². The maximum absolute atomic E-state index is 11.8. The van der Waals surface area contributed by atoms with Gasteiger partial charge in [0.1, 0.15) is 0 Å². The fraction of sp³-hybridized carbons (Fsp3) is 0.429. The van der Waals surface area contributed by atoms with Gasteiger partial charge in [-0.05, 0) is 44.2 Å². The molecule has 0 aromatic heterocycles. The summed E-state index contributed by atoms with van der Waals surface area (Å²) >= 11 is 0. The van der Waals surface area contributed by atoms with E-state index in [1.165, 1.54) is 6.42 Å². The summed E-state index contributed by atoms with van der Waals surface area (Å²) in [6, 6.07) is 5.80. The molecule has 1 aliphatic carbocycles. The first-order valence-electron chi connectivity index (χ1n) is 6.55. The number of hydrogen-bond donors (Lipinski definition) is 4. The number of carbonyl (C=O) groups excluding carboxylic acids is 1. The van der Waals surface area contributed by atoms with Gasteiger partial charge in [-0.25, -0.2) is 4.79 Å². The average Bonchev–Trinajstić information content (AvgIpc) is 2.29. The van der Waals surface area contributed by atoms with Crippen molar-refractivity contribution < 1.29 is 4.79 Å². The van der Waals surface area contributed by atoms with Crippen LogP contribution < -0.4 is 16.0 Å². The number of para-hydroxylation sites is 1. The second-order valence-corrected chi connectivity index (χ2v) is 4.99. The second-order valence-electron chi connectivity index (χ2n) is 4.99. The molecule has 5 nitrogen and oxygen atoms in total. The molecule has 1 fully saturated rings. The topological polar surface area (TPSA) is 77.0 Å². The minimum absolute atomic E-state index is 0.0634. The third-order valence-corrected chi connectivity index (χ3v) is 3.41.